The summed E-state index contributed by atoms with van der Waals surface area (Å²) in [6.07, 6.45) is 0. The zero-order valence-electron chi connectivity index (χ0n) is 8.19. The molecule has 0 aliphatic carbocycles. The smallest absolute Gasteiger partial charge is 0.0692 e. The molecular weight excluding hydrogens is 196 g/mol. The molecule has 0 saturated carbocycles. The molecule has 0 amide bonds. The van der Waals surface area contributed by atoms with Gasteiger partial charge in [0.2, 0.25) is 0 Å². The van der Waals surface area contributed by atoms with Crippen LogP contribution in [0.15, 0.2) is 23.1 Å². The van der Waals surface area contributed by atoms with E-state index in [0.29, 0.717) is 5.25 Å². The lowest BCUT2D eigenvalue weighted by Crippen LogP contribution is -2.30. The van der Waals surface area contributed by atoms with Crippen molar-refractivity contribution in [3.63, 3.8) is 0 Å². The van der Waals surface area contributed by atoms with Crippen molar-refractivity contribution in [1.29, 1.82) is 0 Å². The van der Waals surface area contributed by atoms with Crippen molar-refractivity contribution in [2.24, 2.45) is 0 Å². The fourth-order valence-electron chi connectivity index (χ4n) is 1.41. The van der Waals surface area contributed by atoms with E-state index in [1.54, 1.807) is 11.8 Å². The normalized spacial score (nSPS) is 16.7. The van der Waals surface area contributed by atoms with E-state index in [1.807, 2.05) is 13.0 Å². The molecule has 1 aliphatic rings. The number of aliphatic hydroxyl groups is 1. The predicted molar refractivity (Wildman–Crippen MR) is 57.6 cm³/mol. The Hall–Kier alpha value is -0.510. The molecule has 0 radical (unpaired) electrons. The Bertz CT molecular complexity index is 321. The fourth-order valence-corrected chi connectivity index (χ4v) is 2.52. The molecule has 2 rings (SSSR count). The minimum absolute atomic E-state index is 0.123. The molecule has 1 aromatic carbocycles. The largest absolute Gasteiger partial charge is 0.392 e. The molecule has 76 valence electrons. The van der Waals surface area contributed by atoms with Gasteiger partial charge in [-0.1, -0.05) is 17.7 Å². The van der Waals surface area contributed by atoms with Crippen molar-refractivity contribution < 1.29 is 9.84 Å². The maximum atomic E-state index is 9.20. The lowest BCUT2D eigenvalue weighted by Gasteiger charge is -2.26. The van der Waals surface area contributed by atoms with Gasteiger partial charge in [0.1, 0.15) is 0 Å². The van der Waals surface area contributed by atoms with Crippen molar-refractivity contribution in [2.45, 2.75) is 23.7 Å². The van der Waals surface area contributed by atoms with Gasteiger partial charge in [0, 0.05) is 4.90 Å². The van der Waals surface area contributed by atoms with Gasteiger partial charge in [0.05, 0.1) is 25.1 Å². The fraction of sp³-hybridized carbons (Fsp3) is 0.455. The zero-order chi connectivity index (χ0) is 9.97. The molecule has 14 heavy (non-hydrogen) atoms. The average Bonchev–Trinajstić information content (AvgIpc) is 2.13. The summed E-state index contributed by atoms with van der Waals surface area (Å²) in [5.41, 5.74) is 2.23. The molecule has 3 heteroatoms. The topological polar surface area (TPSA) is 29.5 Å². The number of ether oxygens (including phenoxy) is 1. The third-order valence-electron chi connectivity index (χ3n) is 2.29. The summed E-state index contributed by atoms with van der Waals surface area (Å²) in [7, 11) is 0. The van der Waals surface area contributed by atoms with Crippen LogP contribution in [0.4, 0.5) is 0 Å². The van der Waals surface area contributed by atoms with Crippen LogP contribution in [-0.4, -0.2) is 23.6 Å². The van der Waals surface area contributed by atoms with Gasteiger partial charge >= 0.3 is 0 Å². The first kappa shape index (κ1) is 10.0. The van der Waals surface area contributed by atoms with Gasteiger partial charge < -0.3 is 9.84 Å². The van der Waals surface area contributed by atoms with Crippen LogP contribution < -0.4 is 0 Å². The zero-order valence-corrected chi connectivity index (χ0v) is 9.01. The van der Waals surface area contributed by atoms with Gasteiger partial charge in [-0.25, -0.2) is 0 Å². The number of aryl methyl sites for hydroxylation is 1. The van der Waals surface area contributed by atoms with E-state index in [2.05, 4.69) is 12.1 Å². The summed E-state index contributed by atoms with van der Waals surface area (Å²) in [5.74, 6) is 0. The van der Waals surface area contributed by atoms with Crippen molar-refractivity contribution in [2.75, 3.05) is 13.2 Å². The standard InChI is InChI=1S/C11H14O2S/c1-8-2-3-11(9(4-8)5-12)14-10-6-13-7-10/h2-4,10,12H,5-7H2,1H3. The third-order valence-corrected chi connectivity index (χ3v) is 3.55. The maximum absolute atomic E-state index is 9.20. The lowest BCUT2D eigenvalue weighted by molar-refractivity contribution is 0.0455. The van der Waals surface area contributed by atoms with Gasteiger partial charge in [0.15, 0.2) is 0 Å². The predicted octanol–water partition coefficient (Wildman–Crippen LogP) is 1.98. The molecule has 0 aromatic heterocycles. The second-order valence-corrected chi connectivity index (χ2v) is 4.89. The molecule has 1 saturated heterocycles. The summed E-state index contributed by atoms with van der Waals surface area (Å²) >= 11 is 1.81. The van der Waals surface area contributed by atoms with Crippen LogP contribution in [-0.2, 0) is 11.3 Å². The van der Waals surface area contributed by atoms with Gasteiger partial charge in [-0.15, -0.1) is 11.8 Å². The van der Waals surface area contributed by atoms with Crippen molar-refractivity contribution >= 4 is 11.8 Å². The van der Waals surface area contributed by atoms with Crippen LogP contribution in [0.3, 0.4) is 0 Å². The van der Waals surface area contributed by atoms with E-state index in [4.69, 9.17) is 4.74 Å². The summed E-state index contributed by atoms with van der Waals surface area (Å²) in [5, 5.41) is 9.77. The number of rotatable bonds is 3. The first-order valence-electron chi connectivity index (χ1n) is 4.74. The highest BCUT2D eigenvalue weighted by molar-refractivity contribution is 8.00. The van der Waals surface area contributed by atoms with Gasteiger partial charge in [-0.2, -0.15) is 0 Å². The summed E-state index contributed by atoms with van der Waals surface area (Å²) in [6, 6.07) is 6.22. The van der Waals surface area contributed by atoms with Crippen molar-refractivity contribution in [1.82, 2.24) is 0 Å². The Morgan fingerprint density at radius 3 is 2.86 bits per heavy atom. The second-order valence-electron chi connectivity index (χ2n) is 3.55. The van der Waals surface area contributed by atoms with E-state index in [-0.39, 0.29) is 6.61 Å². The number of hydrogen-bond acceptors (Lipinski definition) is 3. The Morgan fingerprint density at radius 2 is 2.29 bits per heavy atom. The SMILES string of the molecule is Cc1ccc(SC2COC2)c(CO)c1. The Balaban J connectivity index is 2.14. The number of hydrogen-bond donors (Lipinski definition) is 1. The lowest BCUT2D eigenvalue weighted by atomic mass is 10.1. The van der Waals surface area contributed by atoms with Crippen LogP contribution in [0, 0.1) is 6.92 Å². The van der Waals surface area contributed by atoms with E-state index in [1.165, 1.54) is 10.5 Å². The van der Waals surface area contributed by atoms with Gasteiger partial charge in [-0.05, 0) is 18.6 Å². The van der Waals surface area contributed by atoms with E-state index in [9.17, 15) is 5.11 Å². The van der Waals surface area contributed by atoms with Crippen LogP contribution in [0.1, 0.15) is 11.1 Å². The summed E-state index contributed by atoms with van der Waals surface area (Å²) in [4.78, 5) is 1.19. The highest BCUT2D eigenvalue weighted by Crippen LogP contribution is 2.31. The van der Waals surface area contributed by atoms with Crippen molar-refractivity contribution in [3.05, 3.63) is 29.3 Å². The Morgan fingerprint density at radius 1 is 1.50 bits per heavy atom. The van der Waals surface area contributed by atoms with Crippen LogP contribution >= 0.6 is 11.8 Å². The van der Waals surface area contributed by atoms with Gasteiger partial charge in [-0.3, -0.25) is 0 Å². The molecule has 1 N–H and O–H groups in total. The number of thioether (sulfide) groups is 1. The number of benzene rings is 1. The molecule has 1 heterocycles. The Kier molecular flexibility index (Phi) is 3.11. The van der Waals surface area contributed by atoms with E-state index >= 15 is 0 Å². The first-order valence-corrected chi connectivity index (χ1v) is 5.62. The van der Waals surface area contributed by atoms with Gasteiger partial charge in [0.25, 0.3) is 0 Å². The monoisotopic (exact) mass is 210 g/mol. The number of aliphatic hydroxyl groups excluding tert-OH is 1. The molecule has 2 nitrogen and oxygen atoms in total. The molecule has 0 spiro atoms. The molecule has 0 unspecified atom stereocenters. The maximum Gasteiger partial charge on any atom is 0.0692 e. The molecule has 0 atom stereocenters. The second kappa shape index (κ2) is 4.34. The van der Waals surface area contributed by atoms with E-state index < -0.39 is 0 Å². The highest BCUT2D eigenvalue weighted by Gasteiger charge is 2.20. The van der Waals surface area contributed by atoms with Crippen LogP contribution in [0.25, 0.3) is 0 Å². The summed E-state index contributed by atoms with van der Waals surface area (Å²) < 4.78 is 5.12. The van der Waals surface area contributed by atoms with Crippen LogP contribution in [0.5, 0.6) is 0 Å². The Labute approximate surface area is 88.3 Å². The van der Waals surface area contributed by atoms with Crippen molar-refractivity contribution in [3.8, 4) is 0 Å². The minimum atomic E-state index is 0.123. The first-order chi connectivity index (χ1) is 6.79. The van der Waals surface area contributed by atoms with Crippen LogP contribution in [0.2, 0.25) is 0 Å². The quantitative estimate of drug-likeness (QED) is 0.827. The molecule has 0 bridgehead atoms. The van der Waals surface area contributed by atoms with E-state index in [0.717, 1.165) is 18.8 Å². The highest BCUT2D eigenvalue weighted by atomic mass is 32.2. The molecule has 1 fully saturated rings. The third kappa shape index (κ3) is 2.11. The molecular formula is C11H14O2S. The molecule has 1 aromatic rings. The average molecular weight is 210 g/mol. The summed E-state index contributed by atoms with van der Waals surface area (Å²) in [6.45, 7) is 3.84. The molecule has 1 aliphatic heterocycles. The minimum Gasteiger partial charge on any atom is -0.392 e.